The molecule has 0 fully saturated rings. The lowest BCUT2D eigenvalue weighted by molar-refractivity contribution is -0.117. The minimum atomic E-state index is -0.0781. The Kier molecular flexibility index (Phi) is 5.87. The van der Waals surface area contributed by atoms with E-state index in [4.69, 9.17) is 9.47 Å². The number of anilines is 1. The first-order valence-electron chi connectivity index (χ1n) is 8.47. The van der Waals surface area contributed by atoms with Crippen LogP contribution < -0.4 is 14.4 Å². The molecule has 25 heavy (non-hydrogen) atoms. The molecule has 1 atom stereocenters. The van der Waals surface area contributed by atoms with E-state index in [1.165, 1.54) is 5.56 Å². The Balaban J connectivity index is 1.44. The van der Waals surface area contributed by atoms with Gasteiger partial charge in [0.15, 0.2) is 0 Å². The van der Waals surface area contributed by atoms with Crippen LogP contribution in [0.5, 0.6) is 11.5 Å². The van der Waals surface area contributed by atoms with Crippen molar-refractivity contribution in [3.63, 3.8) is 0 Å². The topological polar surface area (TPSA) is 38.8 Å². The summed E-state index contributed by atoms with van der Waals surface area (Å²) in [6.45, 7) is 3.33. The number of methoxy groups -OCH3 is 1. The minimum absolute atomic E-state index is 0.0781. The number of carbonyl (C=O) groups excluding carboxylic acids is 1. The minimum Gasteiger partial charge on any atom is -0.497 e. The second-order valence-corrected chi connectivity index (χ2v) is 7.35. The van der Waals surface area contributed by atoms with E-state index in [1.807, 2.05) is 54.3 Å². The molecule has 1 aliphatic rings. The summed E-state index contributed by atoms with van der Waals surface area (Å²) in [5, 5.41) is -0.0781. The first-order chi connectivity index (χ1) is 12.2. The Morgan fingerprint density at radius 3 is 2.64 bits per heavy atom. The molecule has 4 nitrogen and oxygen atoms in total. The number of amides is 1. The number of carbonyl (C=O) groups is 1. The van der Waals surface area contributed by atoms with Gasteiger partial charge in [0.2, 0.25) is 5.91 Å². The average molecular weight is 357 g/mol. The predicted molar refractivity (Wildman–Crippen MR) is 103 cm³/mol. The molecule has 1 unspecified atom stereocenters. The fourth-order valence-electron chi connectivity index (χ4n) is 2.91. The number of benzene rings is 2. The van der Waals surface area contributed by atoms with Gasteiger partial charge in [-0.1, -0.05) is 18.2 Å². The number of para-hydroxylation sites is 1. The van der Waals surface area contributed by atoms with Gasteiger partial charge in [0.05, 0.1) is 19.0 Å². The van der Waals surface area contributed by atoms with Gasteiger partial charge in [-0.3, -0.25) is 4.79 Å². The van der Waals surface area contributed by atoms with Crippen molar-refractivity contribution in [2.24, 2.45) is 0 Å². The summed E-state index contributed by atoms with van der Waals surface area (Å²) in [5.41, 5.74) is 2.32. The van der Waals surface area contributed by atoms with E-state index in [2.05, 4.69) is 6.07 Å². The number of fused-ring (bicyclic) bond motifs is 1. The van der Waals surface area contributed by atoms with E-state index in [1.54, 1.807) is 18.9 Å². The highest BCUT2D eigenvalue weighted by Crippen LogP contribution is 2.29. The van der Waals surface area contributed by atoms with E-state index >= 15 is 0 Å². The molecule has 0 saturated carbocycles. The van der Waals surface area contributed by atoms with Crippen LogP contribution in [0, 0.1) is 0 Å². The number of ether oxygens (including phenoxy) is 2. The Bertz CT molecular complexity index is 717. The molecule has 3 rings (SSSR count). The van der Waals surface area contributed by atoms with Crippen LogP contribution in [-0.2, 0) is 11.2 Å². The van der Waals surface area contributed by atoms with Crippen LogP contribution in [0.2, 0.25) is 0 Å². The van der Waals surface area contributed by atoms with Gasteiger partial charge < -0.3 is 14.4 Å². The molecule has 132 valence electrons. The number of thioether (sulfide) groups is 1. The van der Waals surface area contributed by atoms with E-state index < -0.39 is 0 Å². The third-order valence-corrected chi connectivity index (χ3v) is 5.38. The largest absolute Gasteiger partial charge is 0.497 e. The predicted octanol–water partition coefficient (Wildman–Crippen LogP) is 3.79. The van der Waals surface area contributed by atoms with E-state index in [-0.39, 0.29) is 11.2 Å². The van der Waals surface area contributed by atoms with Crippen molar-refractivity contribution < 1.29 is 14.3 Å². The molecule has 0 spiro atoms. The molecule has 0 aromatic heterocycles. The molecule has 2 aromatic rings. The lowest BCUT2D eigenvalue weighted by Gasteiger charge is -2.21. The summed E-state index contributed by atoms with van der Waals surface area (Å²) in [4.78, 5) is 14.6. The molecule has 1 aliphatic heterocycles. The molecule has 1 heterocycles. The molecular formula is C20H23NO3S. The molecular weight excluding hydrogens is 334 g/mol. The van der Waals surface area contributed by atoms with Gasteiger partial charge in [0.1, 0.15) is 11.5 Å². The normalized spacial score (nSPS) is 14.1. The third kappa shape index (κ3) is 4.28. The zero-order chi connectivity index (χ0) is 17.6. The maximum atomic E-state index is 12.7. The third-order valence-electron chi connectivity index (χ3n) is 4.28. The van der Waals surface area contributed by atoms with Crippen molar-refractivity contribution in [2.75, 3.05) is 30.9 Å². The maximum absolute atomic E-state index is 12.7. The smallest absolute Gasteiger partial charge is 0.239 e. The molecule has 5 heteroatoms. The van der Waals surface area contributed by atoms with Crippen LogP contribution in [-0.4, -0.2) is 37.2 Å². The van der Waals surface area contributed by atoms with Gasteiger partial charge in [0.25, 0.3) is 0 Å². The van der Waals surface area contributed by atoms with Gasteiger partial charge in [-0.15, -0.1) is 11.8 Å². The number of rotatable bonds is 7. The Morgan fingerprint density at radius 2 is 1.88 bits per heavy atom. The van der Waals surface area contributed by atoms with Gasteiger partial charge in [-0.25, -0.2) is 0 Å². The zero-order valence-electron chi connectivity index (χ0n) is 14.6. The average Bonchev–Trinajstić information content (AvgIpc) is 3.09. The summed E-state index contributed by atoms with van der Waals surface area (Å²) >= 11 is 1.63. The fourth-order valence-corrected chi connectivity index (χ4v) is 3.72. The molecule has 0 aliphatic carbocycles. The van der Waals surface area contributed by atoms with Crippen LogP contribution in [0.25, 0.3) is 0 Å². The van der Waals surface area contributed by atoms with Crippen LogP contribution in [0.3, 0.4) is 0 Å². The number of hydrogen-bond acceptors (Lipinski definition) is 4. The first-order valence-corrected chi connectivity index (χ1v) is 9.51. The SMILES string of the molecule is COc1ccc(OCCSC(C)C(=O)N2CCc3ccccc32)cc1. The second-order valence-electron chi connectivity index (χ2n) is 5.91. The van der Waals surface area contributed by atoms with E-state index in [0.717, 1.165) is 35.9 Å². The summed E-state index contributed by atoms with van der Waals surface area (Å²) in [6.07, 6.45) is 0.944. The molecule has 1 amide bonds. The fraction of sp³-hybridized carbons (Fsp3) is 0.350. The van der Waals surface area contributed by atoms with Crippen molar-refractivity contribution in [3.8, 4) is 11.5 Å². The van der Waals surface area contributed by atoms with Gasteiger partial charge in [-0.2, -0.15) is 0 Å². The maximum Gasteiger partial charge on any atom is 0.239 e. The monoisotopic (exact) mass is 357 g/mol. The van der Waals surface area contributed by atoms with Crippen molar-refractivity contribution in [3.05, 3.63) is 54.1 Å². The van der Waals surface area contributed by atoms with Crippen LogP contribution in [0.1, 0.15) is 12.5 Å². The van der Waals surface area contributed by atoms with Crippen molar-refractivity contribution in [1.29, 1.82) is 0 Å². The Hall–Kier alpha value is -2.14. The summed E-state index contributed by atoms with van der Waals surface area (Å²) in [5.74, 6) is 2.58. The lowest BCUT2D eigenvalue weighted by atomic mass is 10.2. The highest BCUT2D eigenvalue weighted by molar-refractivity contribution is 8.00. The van der Waals surface area contributed by atoms with Crippen molar-refractivity contribution in [2.45, 2.75) is 18.6 Å². The highest BCUT2D eigenvalue weighted by Gasteiger charge is 2.27. The molecule has 0 bridgehead atoms. The number of hydrogen-bond donors (Lipinski definition) is 0. The van der Waals surface area contributed by atoms with Gasteiger partial charge >= 0.3 is 0 Å². The standard InChI is InChI=1S/C20H23NO3S/c1-15(20(22)21-12-11-16-5-3-4-6-19(16)21)25-14-13-24-18-9-7-17(23-2)8-10-18/h3-10,15H,11-14H2,1-2H3. The van der Waals surface area contributed by atoms with Gasteiger partial charge in [0, 0.05) is 18.0 Å². The zero-order valence-corrected chi connectivity index (χ0v) is 15.4. The van der Waals surface area contributed by atoms with Crippen LogP contribution in [0.15, 0.2) is 48.5 Å². The van der Waals surface area contributed by atoms with E-state index in [9.17, 15) is 4.79 Å². The van der Waals surface area contributed by atoms with Crippen LogP contribution >= 0.6 is 11.8 Å². The molecule has 0 N–H and O–H groups in total. The van der Waals surface area contributed by atoms with Crippen LogP contribution in [0.4, 0.5) is 5.69 Å². The molecule has 0 radical (unpaired) electrons. The van der Waals surface area contributed by atoms with Crippen molar-refractivity contribution in [1.82, 2.24) is 0 Å². The summed E-state index contributed by atoms with van der Waals surface area (Å²) in [6, 6.07) is 15.7. The molecule has 2 aromatic carbocycles. The summed E-state index contributed by atoms with van der Waals surface area (Å²) < 4.78 is 10.8. The van der Waals surface area contributed by atoms with Crippen molar-refractivity contribution >= 4 is 23.4 Å². The first kappa shape index (κ1) is 17.7. The summed E-state index contributed by atoms with van der Waals surface area (Å²) in [7, 11) is 1.64. The molecule has 0 saturated heterocycles. The highest BCUT2D eigenvalue weighted by atomic mass is 32.2. The van der Waals surface area contributed by atoms with Gasteiger partial charge in [-0.05, 0) is 49.2 Å². The van der Waals surface area contributed by atoms with E-state index in [0.29, 0.717) is 6.61 Å². The second kappa shape index (κ2) is 8.30. The number of nitrogens with zero attached hydrogens (tertiary/aromatic N) is 1. The quantitative estimate of drug-likeness (QED) is 0.707. The lowest BCUT2D eigenvalue weighted by Crippen LogP contribution is -2.35. The Labute approximate surface area is 153 Å². The Morgan fingerprint density at radius 1 is 1.16 bits per heavy atom.